The first kappa shape index (κ1) is 14.7. The van der Waals surface area contributed by atoms with Crippen LogP contribution in [0.15, 0.2) is 30.9 Å². The number of aryl methyl sites for hydroxylation is 1. The monoisotopic (exact) mass is 314 g/mol. The van der Waals surface area contributed by atoms with Crippen molar-refractivity contribution in [2.24, 2.45) is 7.05 Å². The lowest BCUT2D eigenvalue weighted by Crippen LogP contribution is -2.17. The molecule has 0 unspecified atom stereocenters. The number of nitrogens with zero attached hydrogens (tertiary/aromatic N) is 5. The number of carbonyl (C=O) groups excluding carboxylic acids is 2. The molecule has 0 aliphatic carbocycles. The van der Waals surface area contributed by atoms with Gasteiger partial charge in [-0.2, -0.15) is 10.2 Å². The highest BCUT2D eigenvalue weighted by molar-refractivity contribution is 6.10. The van der Waals surface area contributed by atoms with Crippen LogP contribution in [0, 0.1) is 0 Å². The van der Waals surface area contributed by atoms with Crippen LogP contribution in [0.1, 0.15) is 27.6 Å². The van der Waals surface area contributed by atoms with E-state index in [0.717, 1.165) is 0 Å². The third-order valence-electron chi connectivity index (χ3n) is 3.19. The highest BCUT2D eigenvalue weighted by atomic mass is 16.5. The average Bonchev–Trinajstić information content (AvgIpc) is 3.12. The summed E-state index contributed by atoms with van der Waals surface area (Å²) in [6, 6.07) is 1.71. The second-order valence-corrected chi connectivity index (χ2v) is 4.65. The first-order chi connectivity index (χ1) is 11.1. The van der Waals surface area contributed by atoms with Crippen molar-refractivity contribution in [3.63, 3.8) is 0 Å². The molecule has 0 aliphatic rings. The number of nitrogens with one attached hydrogen (secondary N) is 1. The molecule has 0 aliphatic heterocycles. The maximum Gasteiger partial charge on any atom is 0.343 e. The molecule has 0 saturated carbocycles. The molecule has 3 aromatic rings. The van der Waals surface area contributed by atoms with Crippen LogP contribution in [0.2, 0.25) is 0 Å². The van der Waals surface area contributed by atoms with E-state index in [1.54, 1.807) is 32.4 Å². The van der Waals surface area contributed by atoms with Gasteiger partial charge in [-0.25, -0.2) is 14.3 Å². The van der Waals surface area contributed by atoms with E-state index in [4.69, 9.17) is 4.74 Å². The van der Waals surface area contributed by atoms with Crippen molar-refractivity contribution in [1.82, 2.24) is 24.4 Å². The van der Waals surface area contributed by atoms with Crippen LogP contribution >= 0.6 is 0 Å². The lowest BCUT2D eigenvalue weighted by Gasteiger charge is -2.07. The number of carbonyl (C=O) groups is 2. The standard InChI is InChI=1S/C14H14N6O3/c1-3-23-14(22)10-8-16-19(2)12(10)18-13(21)9-7-17-20-6-4-5-15-11(9)20/h4-8H,3H2,1-2H3,(H,18,21). The Balaban J connectivity index is 1.92. The largest absolute Gasteiger partial charge is 0.462 e. The number of hydrogen-bond donors (Lipinski definition) is 1. The lowest BCUT2D eigenvalue weighted by molar-refractivity contribution is 0.0527. The molecule has 3 heterocycles. The lowest BCUT2D eigenvalue weighted by atomic mass is 10.3. The number of aromatic nitrogens is 5. The summed E-state index contributed by atoms with van der Waals surface area (Å²) < 4.78 is 7.83. The number of anilines is 1. The quantitative estimate of drug-likeness (QED) is 0.717. The number of amides is 1. The minimum absolute atomic E-state index is 0.187. The fourth-order valence-corrected chi connectivity index (χ4v) is 2.11. The highest BCUT2D eigenvalue weighted by Crippen LogP contribution is 2.17. The van der Waals surface area contributed by atoms with Crippen molar-refractivity contribution in [2.75, 3.05) is 11.9 Å². The number of hydrogen-bond acceptors (Lipinski definition) is 6. The zero-order valence-electron chi connectivity index (χ0n) is 12.6. The molecule has 118 valence electrons. The summed E-state index contributed by atoms with van der Waals surface area (Å²) in [4.78, 5) is 28.5. The van der Waals surface area contributed by atoms with E-state index in [1.165, 1.54) is 21.6 Å². The van der Waals surface area contributed by atoms with Crippen LogP contribution in [-0.4, -0.2) is 42.9 Å². The van der Waals surface area contributed by atoms with Gasteiger partial charge in [0.15, 0.2) is 5.65 Å². The predicted molar refractivity (Wildman–Crippen MR) is 80.1 cm³/mol. The molecule has 1 N–H and O–H groups in total. The second-order valence-electron chi connectivity index (χ2n) is 4.65. The summed E-state index contributed by atoms with van der Waals surface area (Å²) in [5, 5.41) is 10.7. The van der Waals surface area contributed by atoms with Gasteiger partial charge in [0.05, 0.1) is 19.0 Å². The van der Waals surface area contributed by atoms with E-state index >= 15 is 0 Å². The number of fused-ring (bicyclic) bond motifs is 1. The second kappa shape index (κ2) is 5.87. The molecule has 3 aromatic heterocycles. The van der Waals surface area contributed by atoms with Crippen molar-refractivity contribution >= 4 is 23.3 Å². The van der Waals surface area contributed by atoms with E-state index in [2.05, 4.69) is 20.5 Å². The van der Waals surface area contributed by atoms with Crippen molar-refractivity contribution in [1.29, 1.82) is 0 Å². The van der Waals surface area contributed by atoms with Crippen LogP contribution in [0.3, 0.4) is 0 Å². The maximum absolute atomic E-state index is 12.5. The van der Waals surface area contributed by atoms with Crippen LogP contribution in [0.5, 0.6) is 0 Å². The smallest absolute Gasteiger partial charge is 0.343 e. The Kier molecular flexibility index (Phi) is 3.75. The van der Waals surface area contributed by atoms with Gasteiger partial charge in [0.1, 0.15) is 16.9 Å². The van der Waals surface area contributed by atoms with E-state index in [1.807, 2.05) is 0 Å². The molecular weight excluding hydrogens is 300 g/mol. The fourth-order valence-electron chi connectivity index (χ4n) is 2.11. The van der Waals surface area contributed by atoms with Crippen molar-refractivity contribution in [3.8, 4) is 0 Å². The molecule has 0 saturated heterocycles. The predicted octanol–water partition coefficient (Wildman–Crippen LogP) is 0.892. The van der Waals surface area contributed by atoms with Crippen molar-refractivity contribution < 1.29 is 14.3 Å². The first-order valence-electron chi connectivity index (χ1n) is 6.90. The van der Waals surface area contributed by atoms with Gasteiger partial charge in [-0.3, -0.25) is 9.48 Å². The van der Waals surface area contributed by atoms with Gasteiger partial charge in [-0.15, -0.1) is 0 Å². The molecule has 9 nitrogen and oxygen atoms in total. The summed E-state index contributed by atoms with van der Waals surface area (Å²) >= 11 is 0. The maximum atomic E-state index is 12.5. The Morgan fingerprint density at radius 2 is 2.04 bits per heavy atom. The van der Waals surface area contributed by atoms with Crippen molar-refractivity contribution in [3.05, 3.63) is 42.0 Å². The van der Waals surface area contributed by atoms with Gasteiger partial charge in [0.2, 0.25) is 0 Å². The molecule has 0 fully saturated rings. The van der Waals surface area contributed by atoms with Gasteiger partial charge in [-0.05, 0) is 13.0 Å². The molecule has 0 atom stereocenters. The fraction of sp³-hybridized carbons (Fsp3) is 0.214. The minimum Gasteiger partial charge on any atom is -0.462 e. The van der Waals surface area contributed by atoms with Gasteiger partial charge >= 0.3 is 5.97 Å². The van der Waals surface area contributed by atoms with E-state index in [0.29, 0.717) is 11.2 Å². The summed E-state index contributed by atoms with van der Waals surface area (Å²) in [6.07, 6.45) is 6.02. The molecular formula is C14H14N6O3. The summed E-state index contributed by atoms with van der Waals surface area (Å²) in [7, 11) is 1.62. The van der Waals surface area contributed by atoms with Crippen molar-refractivity contribution in [2.45, 2.75) is 6.92 Å². The van der Waals surface area contributed by atoms with Gasteiger partial charge in [-0.1, -0.05) is 0 Å². The van der Waals surface area contributed by atoms with Gasteiger partial charge in [0.25, 0.3) is 5.91 Å². The number of rotatable bonds is 4. The molecule has 1 amide bonds. The van der Waals surface area contributed by atoms with Crippen LogP contribution in [-0.2, 0) is 11.8 Å². The third kappa shape index (κ3) is 2.63. The summed E-state index contributed by atoms with van der Waals surface area (Å²) in [5.41, 5.74) is 0.901. The molecule has 3 rings (SSSR count). The number of esters is 1. The SMILES string of the molecule is CCOC(=O)c1cnn(C)c1NC(=O)c1cnn2cccnc12. The highest BCUT2D eigenvalue weighted by Gasteiger charge is 2.21. The zero-order valence-corrected chi connectivity index (χ0v) is 12.6. The van der Waals surface area contributed by atoms with E-state index < -0.39 is 11.9 Å². The Bertz CT molecular complexity index is 882. The first-order valence-corrected chi connectivity index (χ1v) is 6.90. The molecule has 0 radical (unpaired) electrons. The Morgan fingerprint density at radius 1 is 1.26 bits per heavy atom. The molecule has 23 heavy (non-hydrogen) atoms. The van der Waals surface area contributed by atoms with Crippen LogP contribution in [0.25, 0.3) is 5.65 Å². The van der Waals surface area contributed by atoms with Crippen LogP contribution in [0.4, 0.5) is 5.82 Å². The average molecular weight is 314 g/mol. The van der Waals surface area contributed by atoms with Gasteiger partial charge in [0, 0.05) is 19.4 Å². The Labute approximate surface area is 130 Å². The Hall–Kier alpha value is -3.23. The molecule has 9 heteroatoms. The molecule has 0 spiro atoms. The molecule has 0 aromatic carbocycles. The zero-order chi connectivity index (χ0) is 16.4. The number of ether oxygens (including phenoxy) is 1. The summed E-state index contributed by atoms with van der Waals surface area (Å²) in [6.45, 7) is 1.94. The summed E-state index contributed by atoms with van der Waals surface area (Å²) in [5.74, 6) is -0.731. The molecule has 0 bridgehead atoms. The minimum atomic E-state index is -0.547. The Morgan fingerprint density at radius 3 is 2.83 bits per heavy atom. The van der Waals surface area contributed by atoms with Gasteiger partial charge < -0.3 is 10.1 Å². The third-order valence-corrected chi connectivity index (χ3v) is 3.19. The van der Waals surface area contributed by atoms with E-state index in [-0.39, 0.29) is 18.0 Å². The topological polar surface area (TPSA) is 103 Å². The van der Waals surface area contributed by atoms with E-state index in [9.17, 15) is 9.59 Å². The van der Waals surface area contributed by atoms with Crippen LogP contribution < -0.4 is 5.32 Å². The normalized spacial score (nSPS) is 10.7.